The second-order valence-electron chi connectivity index (χ2n) is 7.41. The molecule has 0 aliphatic carbocycles. The molecule has 0 atom stereocenters. The van der Waals surface area contributed by atoms with Gasteiger partial charge in [-0.05, 0) is 45.9 Å². The highest BCUT2D eigenvalue weighted by molar-refractivity contribution is 7.89. The number of carbonyl (C=O) groups is 1. The predicted molar refractivity (Wildman–Crippen MR) is 111 cm³/mol. The molecule has 0 saturated heterocycles. The van der Waals surface area contributed by atoms with E-state index >= 15 is 0 Å². The van der Waals surface area contributed by atoms with Crippen LogP contribution in [0.15, 0.2) is 29.3 Å². The van der Waals surface area contributed by atoms with Crippen LogP contribution in [0.5, 0.6) is 0 Å². The number of hydrogen-bond donors (Lipinski definition) is 1. The van der Waals surface area contributed by atoms with Gasteiger partial charge in [0.05, 0.1) is 22.3 Å². The van der Waals surface area contributed by atoms with Gasteiger partial charge in [0, 0.05) is 24.5 Å². The first-order valence-corrected chi connectivity index (χ1v) is 10.9. The zero-order valence-electron chi connectivity index (χ0n) is 17.1. The first kappa shape index (κ1) is 22.4. The van der Waals surface area contributed by atoms with Crippen molar-refractivity contribution in [2.24, 2.45) is 0 Å². The summed E-state index contributed by atoms with van der Waals surface area (Å²) in [5.74, 6) is -0.360. The minimum Gasteiger partial charge on any atom is -0.322 e. The molecule has 1 amide bonds. The summed E-state index contributed by atoms with van der Waals surface area (Å²) in [7, 11) is -3.74. The molecule has 0 spiro atoms. The van der Waals surface area contributed by atoms with Crippen LogP contribution in [0.2, 0.25) is 5.02 Å². The van der Waals surface area contributed by atoms with Crippen molar-refractivity contribution in [1.29, 1.82) is 0 Å². The van der Waals surface area contributed by atoms with Crippen molar-refractivity contribution in [3.63, 3.8) is 0 Å². The molecular formula is C19H27ClN4O3S. The Kier molecular flexibility index (Phi) is 6.58. The van der Waals surface area contributed by atoms with Gasteiger partial charge in [-0.2, -0.15) is 9.40 Å². The molecule has 0 saturated carbocycles. The summed E-state index contributed by atoms with van der Waals surface area (Å²) in [6.07, 6.45) is 1.51. The summed E-state index contributed by atoms with van der Waals surface area (Å²) in [5, 5.41) is 7.16. The molecule has 1 N–H and O–H groups in total. The van der Waals surface area contributed by atoms with Crippen molar-refractivity contribution in [1.82, 2.24) is 14.1 Å². The summed E-state index contributed by atoms with van der Waals surface area (Å²) in [4.78, 5) is 12.7. The smallest absolute Gasteiger partial charge is 0.259 e. The summed E-state index contributed by atoms with van der Waals surface area (Å²) < 4.78 is 28.7. The monoisotopic (exact) mass is 426 g/mol. The van der Waals surface area contributed by atoms with Crippen LogP contribution < -0.4 is 5.32 Å². The molecule has 0 aliphatic rings. The van der Waals surface area contributed by atoms with Crippen LogP contribution in [0.4, 0.5) is 5.69 Å². The molecule has 0 bridgehead atoms. The standard InChI is InChI=1S/C19H27ClN4O3S/c1-7-23(8-2)28(26,27)17-11-14(9-10-16(17)20)22-18(25)15-12-21-24(13(15)3)19(4,5)6/h9-12H,7-8H2,1-6H3,(H,22,25). The number of anilines is 1. The van der Waals surface area contributed by atoms with Gasteiger partial charge in [-0.15, -0.1) is 0 Å². The van der Waals surface area contributed by atoms with E-state index in [1.165, 1.54) is 22.6 Å². The van der Waals surface area contributed by atoms with Gasteiger partial charge >= 0.3 is 0 Å². The summed E-state index contributed by atoms with van der Waals surface area (Å²) in [6, 6.07) is 4.43. The lowest BCUT2D eigenvalue weighted by Gasteiger charge is -2.21. The lowest BCUT2D eigenvalue weighted by atomic mass is 10.1. The highest BCUT2D eigenvalue weighted by atomic mass is 35.5. The summed E-state index contributed by atoms with van der Waals surface area (Å²) >= 11 is 6.14. The van der Waals surface area contributed by atoms with Crippen LogP contribution in [-0.4, -0.2) is 41.5 Å². The largest absolute Gasteiger partial charge is 0.322 e. The fraction of sp³-hybridized carbons (Fsp3) is 0.474. The molecule has 28 heavy (non-hydrogen) atoms. The lowest BCUT2D eigenvalue weighted by Crippen LogP contribution is -2.30. The van der Waals surface area contributed by atoms with Crippen LogP contribution in [-0.2, 0) is 15.6 Å². The third-order valence-corrected chi connectivity index (χ3v) is 6.93. The first-order chi connectivity index (χ1) is 12.9. The molecule has 9 heteroatoms. The molecule has 2 rings (SSSR count). The van der Waals surface area contributed by atoms with E-state index in [4.69, 9.17) is 11.6 Å². The van der Waals surface area contributed by atoms with Crippen molar-refractivity contribution in [3.05, 3.63) is 40.7 Å². The van der Waals surface area contributed by atoms with E-state index in [0.717, 1.165) is 5.69 Å². The SMILES string of the molecule is CCN(CC)S(=O)(=O)c1cc(NC(=O)c2cnn(C(C)(C)C)c2C)ccc1Cl. The van der Waals surface area contributed by atoms with E-state index in [-0.39, 0.29) is 21.4 Å². The quantitative estimate of drug-likeness (QED) is 0.759. The van der Waals surface area contributed by atoms with Crippen LogP contribution in [0, 0.1) is 6.92 Å². The van der Waals surface area contributed by atoms with E-state index in [0.29, 0.717) is 24.3 Å². The highest BCUT2D eigenvalue weighted by Crippen LogP contribution is 2.28. The molecule has 1 aromatic heterocycles. The van der Waals surface area contributed by atoms with Crippen LogP contribution >= 0.6 is 11.6 Å². The van der Waals surface area contributed by atoms with Crippen LogP contribution in [0.25, 0.3) is 0 Å². The molecule has 0 fully saturated rings. The maximum absolute atomic E-state index is 12.8. The number of nitrogens with zero attached hydrogens (tertiary/aromatic N) is 3. The van der Waals surface area contributed by atoms with Crippen molar-refractivity contribution in [2.75, 3.05) is 18.4 Å². The average Bonchev–Trinajstić information content (AvgIpc) is 2.99. The number of sulfonamides is 1. The number of hydrogen-bond acceptors (Lipinski definition) is 4. The van der Waals surface area contributed by atoms with E-state index in [9.17, 15) is 13.2 Å². The van der Waals surface area contributed by atoms with Crippen LogP contribution in [0.3, 0.4) is 0 Å². The lowest BCUT2D eigenvalue weighted by molar-refractivity contribution is 0.102. The number of nitrogens with one attached hydrogen (secondary N) is 1. The van der Waals surface area contributed by atoms with Gasteiger partial charge < -0.3 is 5.32 Å². The normalized spacial score (nSPS) is 12.4. The van der Waals surface area contributed by atoms with Gasteiger partial charge in [0.15, 0.2) is 0 Å². The maximum atomic E-state index is 12.8. The number of aromatic nitrogens is 2. The Labute approximate surface area is 171 Å². The van der Waals surface area contributed by atoms with Gasteiger partial charge in [0.2, 0.25) is 10.0 Å². The van der Waals surface area contributed by atoms with Crippen molar-refractivity contribution in [2.45, 2.75) is 52.0 Å². The van der Waals surface area contributed by atoms with Gasteiger partial charge in [0.25, 0.3) is 5.91 Å². The molecule has 2 aromatic rings. The molecule has 1 heterocycles. The molecule has 1 aromatic carbocycles. The van der Waals surface area contributed by atoms with E-state index < -0.39 is 10.0 Å². The Balaban J connectivity index is 2.36. The Hall–Kier alpha value is -1.90. The fourth-order valence-electron chi connectivity index (χ4n) is 2.99. The van der Waals surface area contributed by atoms with Gasteiger partial charge in [-0.3, -0.25) is 9.48 Å². The zero-order chi connectivity index (χ0) is 21.3. The third-order valence-electron chi connectivity index (χ3n) is 4.40. The topological polar surface area (TPSA) is 84.3 Å². The maximum Gasteiger partial charge on any atom is 0.259 e. The average molecular weight is 427 g/mol. The second kappa shape index (κ2) is 8.23. The van der Waals surface area contributed by atoms with Crippen molar-refractivity contribution >= 4 is 33.2 Å². The van der Waals surface area contributed by atoms with E-state index in [2.05, 4.69) is 10.4 Å². The van der Waals surface area contributed by atoms with Gasteiger partial charge in [0.1, 0.15) is 4.90 Å². The third kappa shape index (κ3) is 4.39. The minimum absolute atomic E-state index is 0.0298. The van der Waals surface area contributed by atoms with Crippen molar-refractivity contribution < 1.29 is 13.2 Å². The summed E-state index contributed by atoms with van der Waals surface area (Å²) in [6.45, 7) is 12.0. The van der Waals surface area contributed by atoms with Gasteiger partial charge in [-0.25, -0.2) is 8.42 Å². The molecule has 154 valence electrons. The number of benzene rings is 1. The first-order valence-electron chi connectivity index (χ1n) is 9.09. The molecule has 0 aliphatic heterocycles. The molecule has 0 radical (unpaired) electrons. The Morgan fingerprint density at radius 2 is 1.86 bits per heavy atom. The Morgan fingerprint density at radius 3 is 2.36 bits per heavy atom. The van der Waals surface area contributed by atoms with Crippen molar-refractivity contribution in [3.8, 4) is 0 Å². The highest BCUT2D eigenvalue weighted by Gasteiger charge is 2.26. The number of halogens is 1. The fourth-order valence-corrected chi connectivity index (χ4v) is 4.95. The van der Waals surface area contributed by atoms with E-state index in [1.54, 1.807) is 24.6 Å². The molecule has 0 unspecified atom stereocenters. The number of amides is 1. The van der Waals surface area contributed by atoms with Gasteiger partial charge in [-0.1, -0.05) is 25.4 Å². The predicted octanol–water partition coefficient (Wildman–Crippen LogP) is 3.88. The number of rotatable bonds is 6. The van der Waals surface area contributed by atoms with E-state index in [1.807, 2.05) is 27.7 Å². The van der Waals surface area contributed by atoms with Crippen LogP contribution in [0.1, 0.15) is 50.7 Å². The minimum atomic E-state index is -3.74. The Bertz CT molecular complexity index is 974. The number of carbonyl (C=O) groups excluding carboxylic acids is 1. The zero-order valence-corrected chi connectivity index (χ0v) is 18.6. The molecular weight excluding hydrogens is 400 g/mol. The summed E-state index contributed by atoms with van der Waals surface area (Å²) in [5.41, 5.74) is 1.25. The second-order valence-corrected chi connectivity index (χ2v) is 9.73. The molecule has 7 nitrogen and oxygen atoms in total. The Morgan fingerprint density at radius 1 is 1.25 bits per heavy atom.